The fourth-order valence-electron chi connectivity index (χ4n) is 2.86. The molecule has 1 aromatic rings. The van der Waals surface area contributed by atoms with E-state index >= 15 is 0 Å². The first-order valence-corrected chi connectivity index (χ1v) is 11.4. The fraction of sp³-hybridized carbons (Fsp3) is 0.643. The van der Waals surface area contributed by atoms with Gasteiger partial charge in [0.05, 0.1) is 24.5 Å². The minimum Gasteiger partial charge on any atom is -0.592 e. The average Bonchev–Trinajstić information content (AvgIpc) is 3.06. The minimum atomic E-state index is -3.76. The van der Waals surface area contributed by atoms with Crippen LogP contribution in [0.3, 0.4) is 0 Å². The van der Waals surface area contributed by atoms with Crippen LogP contribution in [0.15, 0.2) is 14.5 Å². The Morgan fingerprint density at radius 3 is 2.77 bits per heavy atom. The van der Waals surface area contributed by atoms with Crippen LogP contribution >= 0.6 is 11.3 Å². The molecule has 0 bridgehead atoms. The van der Waals surface area contributed by atoms with E-state index < -0.39 is 33.5 Å². The van der Waals surface area contributed by atoms with Gasteiger partial charge in [0.1, 0.15) is 4.21 Å². The Kier molecular flexibility index (Phi) is 7.30. The summed E-state index contributed by atoms with van der Waals surface area (Å²) in [5, 5.41) is 5.44. The smallest absolute Gasteiger partial charge is 0.410 e. The van der Waals surface area contributed by atoms with E-state index in [9.17, 15) is 17.8 Å². The van der Waals surface area contributed by atoms with E-state index in [2.05, 4.69) is 0 Å². The Bertz CT molecular complexity index is 736. The number of carbonyl (C=O) groups is 1. The highest BCUT2D eigenvalue weighted by Gasteiger charge is 2.43. The van der Waals surface area contributed by atoms with Crippen molar-refractivity contribution in [3.63, 3.8) is 0 Å². The first-order chi connectivity index (χ1) is 12.3. The Labute approximate surface area is 160 Å². The van der Waals surface area contributed by atoms with Crippen LogP contribution in [0.4, 0.5) is 4.79 Å². The zero-order valence-corrected chi connectivity index (χ0v) is 17.3. The van der Waals surface area contributed by atoms with Crippen molar-refractivity contribution in [1.82, 2.24) is 9.21 Å². The SMILES string of the molecule is CCN(C(=O)OC)[C@H]1CN(CCCOC)S(=O)(=O)c2sc([S+](N)[O-])cc21. The molecule has 1 amide bonds. The van der Waals surface area contributed by atoms with E-state index in [1.165, 1.54) is 22.4 Å². The molecular formula is C14H23N3O6S3. The van der Waals surface area contributed by atoms with E-state index in [-0.39, 0.29) is 21.5 Å². The fourth-order valence-corrected chi connectivity index (χ4v) is 6.96. The third kappa shape index (κ3) is 4.16. The summed E-state index contributed by atoms with van der Waals surface area (Å²) in [4.78, 5) is 13.6. The molecule has 0 saturated heterocycles. The lowest BCUT2D eigenvalue weighted by Crippen LogP contribution is -2.47. The van der Waals surface area contributed by atoms with E-state index in [4.69, 9.17) is 14.6 Å². The highest BCUT2D eigenvalue weighted by atomic mass is 32.3. The van der Waals surface area contributed by atoms with Crippen molar-refractivity contribution >= 4 is 38.8 Å². The van der Waals surface area contributed by atoms with Crippen molar-refractivity contribution in [1.29, 1.82) is 0 Å². The Balaban J connectivity index is 2.50. The molecule has 12 heteroatoms. The normalized spacial score (nSPS) is 20.4. The van der Waals surface area contributed by atoms with Crippen LogP contribution in [-0.4, -0.2) is 68.7 Å². The van der Waals surface area contributed by atoms with E-state index in [1.807, 2.05) is 0 Å². The van der Waals surface area contributed by atoms with Crippen LogP contribution in [0.25, 0.3) is 0 Å². The van der Waals surface area contributed by atoms with Gasteiger partial charge in [-0.25, -0.2) is 13.2 Å². The van der Waals surface area contributed by atoms with Gasteiger partial charge in [-0.2, -0.15) is 4.31 Å². The van der Waals surface area contributed by atoms with E-state index in [1.54, 1.807) is 14.0 Å². The number of nitrogens with zero attached hydrogens (tertiary/aromatic N) is 2. The molecule has 1 aromatic heterocycles. The Hall–Kier alpha value is -0.890. The predicted octanol–water partition coefficient (Wildman–Crippen LogP) is 0.900. The lowest BCUT2D eigenvalue weighted by molar-refractivity contribution is 0.0981. The molecule has 1 aliphatic rings. The van der Waals surface area contributed by atoms with Gasteiger partial charge in [-0.15, -0.1) is 5.14 Å². The summed E-state index contributed by atoms with van der Waals surface area (Å²) in [7, 11) is -0.937. The molecule has 148 valence electrons. The van der Waals surface area contributed by atoms with E-state index in [0.29, 0.717) is 25.1 Å². The topological polar surface area (TPSA) is 125 Å². The van der Waals surface area contributed by atoms with Crippen LogP contribution in [0.2, 0.25) is 0 Å². The van der Waals surface area contributed by atoms with Crippen molar-refractivity contribution in [2.75, 3.05) is 40.5 Å². The molecule has 1 aliphatic heterocycles. The highest BCUT2D eigenvalue weighted by molar-refractivity contribution is 7.94. The molecule has 2 rings (SSSR count). The molecule has 0 aromatic carbocycles. The number of ether oxygens (including phenoxy) is 2. The predicted molar refractivity (Wildman–Crippen MR) is 97.7 cm³/mol. The second-order valence-corrected chi connectivity index (χ2v) is 10.1. The second kappa shape index (κ2) is 8.87. The van der Waals surface area contributed by atoms with Crippen LogP contribution < -0.4 is 5.14 Å². The molecule has 0 aliphatic carbocycles. The molecule has 1 unspecified atom stereocenters. The molecule has 26 heavy (non-hydrogen) atoms. The summed E-state index contributed by atoms with van der Waals surface area (Å²) in [5.41, 5.74) is 0.430. The van der Waals surface area contributed by atoms with E-state index in [0.717, 1.165) is 11.3 Å². The number of rotatable bonds is 7. The molecular weight excluding hydrogens is 402 g/mol. The van der Waals surface area contributed by atoms with Gasteiger partial charge in [0, 0.05) is 45.0 Å². The number of nitrogens with two attached hydrogens (primary N) is 1. The summed E-state index contributed by atoms with van der Waals surface area (Å²) >= 11 is -0.927. The molecule has 0 radical (unpaired) electrons. The van der Waals surface area contributed by atoms with Crippen molar-refractivity contribution in [3.8, 4) is 0 Å². The van der Waals surface area contributed by atoms with Gasteiger partial charge in [-0.05, 0) is 13.3 Å². The van der Waals surface area contributed by atoms with Gasteiger partial charge < -0.3 is 18.9 Å². The van der Waals surface area contributed by atoms with Crippen LogP contribution in [0.5, 0.6) is 0 Å². The first-order valence-electron chi connectivity index (χ1n) is 7.91. The maximum atomic E-state index is 13.0. The first kappa shape index (κ1) is 21.4. The number of methoxy groups -OCH3 is 2. The molecule has 0 spiro atoms. The number of thiophene rings is 1. The standard InChI is InChI=1S/C14H23N3O6S3/c1-4-17(14(18)23-3)11-9-16(6-5-7-22-2)26(20,21)13-10(11)8-12(24-13)25(15)19/h8,11H,4-7,9,15H2,1-3H3/t11-,25?/m0/s1. The summed E-state index contributed by atoms with van der Waals surface area (Å²) in [5.74, 6) is 0. The monoisotopic (exact) mass is 425 g/mol. The number of hydrogen-bond acceptors (Lipinski definition) is 8. The van der Waals surface area contributed by atoms with Crippen molar-refractivity contribution < 1.29 is 27.2 Å². The lowest BCUT2D eigenvalue weighted by atomic mass is 10.1. The van der Waals surface area contributed by atoms with Crippen molar-refractivity contribution in [3.05, 3.63) is 11.6 Å². The average molecular weight is 426 g/mol. The third-order valence-corrected chi connectivity index (χ3v) is 8.69. The number of hydrogen-bond donors (Lipinski definition) is 1. The van der Waals surface area contributed by atoms with Crippen molar-refractivity contribution in [2.45, 2.75) is 27.8 Å². The molecule has 2 heterocycles. The number of amides is 1. The summed E-state index contributed by atoms with van der Waals surface area (Å²) in [6, 6.07) is 0.971. The van der Waals surface area contributed by atoms with Gasteiger partial charge in [0.2, 0.25) is 4.21 Å². The molecule has 2 atom stereocenters. The molecule has 9 nitrogen and oxygen atoms in total. The maximum absolute atomic E-state index is 13.0. The van der Waals surface area contributed by atoms with Crippen LogP contribution in [0.1, 0.15) is 24.9 Å². The highest BCUT2D eigenvalue weighted by Crippen LogP contribution is 2.42. The van der Waals surface area contributed by atoms with Gasteiger partial charge in [-0.3, -0.25) is 0 Å². The number of sulfonamides is 1. The third-order valence-electron chi connectivity index (χ3n) is 4.09. The summed E-state index contributed by atoms with van der Waals surface area (Å²) in [6.45, 7) is 2.88. The number of likely N-dealkylation sites (N-methyl/N-ethyl adjacent to an activating group) is 1. The maximum Gasteiger partial charge on any atom is 0.410 e. The van der Waals surface area contributed by atoms with Crippen LogP contribution in [-0.2, 0) is 30.9 Å². The van der Waals surface area contributed by atoms with Gasteiger partial charge in [0.25, 0.3) is 10.0 Å². The zero-order chi connectivity index (χ0) is 19.5. The van der Waals surface area contributed by atoms with Crippen LogP contribution in [0, 0.1) is 0 Å². The van der Waals surface area contributed by atoms with Gasteiger partial charge >= 0.3 is 6.09 Å². The minimum absolute atomic E-state index is 0.0716. The molecule has 2 N–H and O–H groups in total. The van der Waals surface area contributed by atoms with Gasteiger partial charge in [-0.1, -0.05) is 11.3 Å². The Morgan fingerprint density at radius 2 is 2.23 bits per heavy atom. The zero-order valence-electron chi connectivity index (χ0n) is 14.8. The van der Waals surface area contributed by atoms with Crippen molar-refractivity contribution in [2.24, 2.45) is 5.14 Å². The molecule has 0 fully saturated rings. The summed E-state index contributed by atoms with van der Waals surface area (Å²) < 4.78 is 49.0. The number of fused-ring (bicyclic) bond motifs is 1. The number of carbonyl (C=O) groups excluding carboxylic acids is 1. The van der Waals surface area contributed by atoms with Gasteiger partial charge in [0.15, 0.2) is 0 Å². The largest absolute Gasteiger partial charge is 0.592 e. The second-order valence-electron chi connectivity index (χ2n) is 5.59. The lowest BCUT2D eigenvalue weighted by Gasteiger charge is -2.37. The molecule has 0 saturated carbocycles. The Morgan fingerprint density at radius 1 is 1.54 bits per heavy atom. The quantitative estimate of drug-likeness (QED) is 0.508. The summed E-state index contributed by atoms with van der Waals surface area (Å²) in [6.07, 6.45) is -0.0374.